The Kier molecular flexibility index (Phi) is 3.58. The summed E-state index contributed by atoms with van der Waals surface area (Å²) in [5.74, 6) is 1.46. The van der Waals surface area contributed by atoms with Gasteiger partial charge < -0.3 is 20.2 Å². The third-order valence-corrected chi connectivity index (χ3v) is 5.25. The van der Waals surface area contributed by atoms with Gasteiger partial charge in [0.15, 0.2) is 5.58 Å². The standard InChI is InChI=1S/C17H21N3O3/c1-22-8-14-20-12-7-11(4-5-13(12)23-14)19-17(21)15-9-2-3-10(6-9)16(15)18/h4-5,7,9-10,15-16H,2-3,6,8,18H2,1H3,(H,19,21). The number of nitrogens with two attached hydrogens (primary N) is 1. The second-order valence-electron chi connectivity index (χ2n) is 6.65. The highest BCUT2D eigenvalue weighted by Crippen LogP contribution is 2.47. The molecule has 0 radical (unpaired) electrons. The number of fused-ring (bicyclic) bond motifs is 3. The van der Waals surface area contributed by atoms with Gasteiger partial charge in [-0.3, -0.25) is 4.79 Å². The van der Waals surface area contributed by atoms with E-state index in [1.165, 1.54) is 6.42 Å². The smallest absolute Gasteiger partial charge is 0.229 e. The van der Waals surface area contributed by atoms with Crippen molar-refractivity contribution in [3.05, 3.63) is 24.1 Å². The fraction of sp³-hybridized carbons (Fsp3) is 0.529. The summed E-state index contributed by atoms with van der Waals surface area (Å²) in [6, 6.07) is 5.48. The molecule has 2 aliphatic rings. The number of carbonyl (C=O) groups is 1. The lowest BCUT2D eigenvalue weighted by molar-refractivity contribution is -0.121. The molecule has 122 valence electrons. The first-order chi connectivity index (χ1) is 11.2. The van der Waals surface area contributed by atoms with Crippen molar-refractivity contribution < 1.29 is 13.9 Å². The molecule has 2 bridgehead atoms. The van der Waals surface area contributed by atoms with Gasteiger partial charge in [-0.25, -0.2) is 4.98 Å². The molecule has 2 saturated carbocycles. The van der Waals surface area contributed by atoms with E-state index >= 15 is 0 Å². The molecular formula is C17H21N3O3. The third-order valence-electron chi connectivity index (χ3n) is 5.25. The number of oxazole rings is 1. The molecule has 6 nitrogen and oxygen atoms in total. The summed E-state index contributed by atoms with van der Waals surface area (Å²) >= 11 is 0. The number of aromatic nitrogens is 1. The highest BCUT2D eigenvalue weighted by atomic mass is 16.5. The van der Waals surface area contributed by atoms with E-state index in [4.69, 9.17) is 14.9 Å². The Morgan fingerprint density at radius 2 is 2.26 bits per heavy atom. The van der Waals surface area contributed by atoms with Crippen molar-refractivity contribution in [2.45, 2.75) is 31.9 Å². The Bertz CT molecular complexity index is 740. The molecule has 3 N–H and O–H groups in total. The van der Waals surface area contributed by atoms with Crippen LogP contribution in [-0.2, 0) is 16.1 Å². The predicted molar refractivity (Wildman–Crippen MR) is 85.6 cm³/mol. The third kappa shape index (κ3) is 2.52. The second kappa shape index (κ2) is 5.62. The van der Waals surface area contributed by atoms with Gasteiger partial charge in [-0.2, -0.15) is 0 Å². The highest BCUT2D eigenvalue weighted by Gasteiger charge is 2.49. The predicted octanol–water partition coefficient (Wildman–Crippen LogP) is 2.29. The van der Waals surface area contributed by atoms with Gasteiger partial charge in [0.1, 0.15) is 12.1 Å². The maximum atomic E-state index is 12.6. The minimum atomic E-state index is -0.0641. The number of amides is 1. The number of rotatable bonds is 4. The van der Waals surface area contributed by atoms with Crippen molar-refractivity contribution in [3.8, 4) is 0 Å². The van der Waals surface area contributed by atoms with Crippen LogP contribution in [0.3, 0.4) is 0 Å². The number of nitrogens with zero attached hydrogens (tertiary/aromatic N) is 1. The Hall–Kier alpha value is -1.92. The number of hydrogen-bond donors (Lipinski definition) is 2. The number of hydrogen-bond acceptors (Lipinski definition) is 5. The van der Waals surface area contributed by atoms with E-state index in [0.717, 1.165) is 18.5 Å². The van der Waals surface area contributed by atoms with E-state index < -0.39 is 0 Å². The van der Waals surface area contributed by atoms with Gasteiger partial charge in [0.05, 0.1) is 5.92 Å². The molecule has 1 amide bonds. The van der Waals surface area contributed by atoms with Crippen molar-refractivity contribution >= 4 is 22.7 Å². The molecule has 6 heteroatoms. The zero-order valence-electron chi connectivity index (χ0n) is 13.1. The summed E-state index contributed by atoms with van der Waals surface area (Å²) in [5, 5.41) is 3.00. The molecule has 4 atom stereocenters. The van der Waals surface area contributed by atoms with Crippen molar-refractivity contribution in [1.82, 2.24) is 4.98 Å². The van der Waals surface area contributed by atoms with Crippen molar-refractivity contribution in [3.63, 3.8) is 0 Å². The Labute approximate surface area is 134 Å². The number of carbonyl (C=O) groups excluding carboxylic acids is 1. The van der Waals surface area contributed by atoms with Gasteiger partial charge in [0.25, 0.3) is 0 Å². The quantitative estimate of drug-likeness (QED) is 0.903. The molecule has 1 aromatic heterocycles. The molecule has 23 heavy (non-hydrogen) atoms. The molecule has 0 aliphatic heterocycles. The Morgan fingerprint density at radius 1 is 1.43 bits per heavy atom. The molecule has 2 aliphatic carbocycles. The SMILES string of the molecule is COCc1nc2cc(NC(=O)C3C4CCC(C4)C3N)ccc2o1. The minimum absolute atomic E-state index is 0.00200. The van der Waals surface area contributed by atoms with E-state index in [1.807, 2.05) is 18.2 Å². The van der Waals surface area contributed by atoms with E-state index in [-0.39, 0.29) is 17.9 Å². The van der Waals surface area contributed by atoms with E-state index in [0.29, 0.717) is 35.4 Å². The first-order valence-corrected chi connectivity index (χ1v) is 8.10. The van der Waals surface area contributed by atoms with Crippen LogP contribution in [0.1, 0.15) is 25.2 Å². The number of benzene rings is 1. The Morgan fingerprint density at radius 3 is 3.00 bits per heavy atom. The maximum absolute atomic E-state index is 12.6. The van der Waals surface area contributed by atoms with Gasteiger partial charge in [-0.1, -0.05) is 0 Å². The number of ether oxygens (including phenoxy) is 1. The number of methoxy groups -OCH3 is 1. The van der Waals surface area contributed by atoms with Gasteiger partial charge in [-0.05, 0) is 49.3 Å². The largest absolute Gasteiger partial charge is 0.438 e. The first kappa shape index (κ1) is 14.7. The minimum Gasteiger partial charge on any atom is -0.438 e. The topological polar surface area (TPSA) is 90.4 Å². The van der Waals surface area contributed by atoms with Gasteiger partial charge >= 0.3 is 0 Å². The zero-order chi connectivity index (χ0) is 16.0. The molecule has 1 heterocycles. The summed E-state index contributed by atoms with van der Waals surface area (Å²) in [7, 11) is 1.60. The normalized spacial score (nSPS) is 29.3. The number of anilines is 1. The van der Waals surface area contributed by atoms with Crippen LogP contribution in [-0.4, -0.2) is 24.0 Å². The van der Waals surface area contributed by atoms with E-state index in [9.17, 15) is 4.79 Å². The molecule has 4 unspecified atom stereocenters. The first-order valence-electron chi connectivity index (χ1n) is 8.10. The van der Waals surface area contributed by atoms with E-state index in [2.05, 4.69) is 10.3 Å². The fourth-order valence-corrected chi connectivity index (χ4v) is 4.19. The van der Waals surface area contributed by atoms with Crippen molar-refractivity contribution in [2.75, 3.05) is 12.4 Å². The average Bonchev–Trinajstić information content (AvgIpc) is 3.20. The molecule has 2 fully saturated rings. The fourth-order valence-electron chi connectivity index (χ4n) is 4.19. The monoisotopic (exact) mass is 315 g/mol. The lowest BCUT2D eigenvalue weighted by atomic mass is 9.84. The van der Waals surface area contributed by atoms with Crippen LogP contribution in [0.25, 0.3) is 11.1 Å². The summed E-state index contributed by atoms with van der Waals surface area (Å²) < 4.78 is 10.6. The highest BCUT2D eigenvalue weighted by molar-refractivity contribution is 5.95. The van der Waals surface area contributed by atoms with Gasteiger partial charge in [0, 0.05) is 18.8 Å². The molecule has 0 spiro atoms. The average molecular weight is 315 g/mol. The second-order valence-corrected chi connectivity index (χ2v) is 6.65. The lowest BCUT2D eigenvalue weighted by Crippen LogP contribution is -2.42. The summed E-state index contributed by atoms with van der Waals surface area (Å²) in [5.41, 5.74) is 8.38. The van der Waals surface area contributed by atoms with Crippen LogP contribution in [0.15, 0.2) is 22.6 Å². The van der Waals surface area contributed by atoms with Crippen LogP contribution in [0.4, 0.5) is 5.69 Å². The molecular weight excluding hydrogens is 294 g/mol. The Balaban J connectivity index is 1.52. The van der Waals surface area contributed by atoms with Crippen LogP contribution in [0.2, 0.25) is 0 Å². The molecule has 4 rings (SSSR count). The van der Waals surface area contributed by atoms with Crippen LogP contribution in [0, 0.1) is 17.8 Å². The van der Waals surface area contributed by atoms with Crippen molar-refractivity contribution in [2.24, 2.45) is 23.5 Å². The summed E-state index contributed by atoms with van der Waals surface area (Å²) in [6.45, 7) is 0.330. The zero-order valence-corrected chi connectivity index (χ0v) is 13.1. The molecule has 0 saturated heterocycles. The van der Waals surface area contributed by atoms with Crippen LogP contribution >= 0.6 is 0 Å². The van der Waals surface area contributed by atoms with Crippen molar-refractivity contribution in [1.29, 1.82) is 0 Å². The summed E-state index contributed by atoms with van der Waals surface area (Å²) in [4.78, 5) is 17.0. The number of nitrogens with one attached hydrogen (secondary N) is 1. The van der Waals surface area contributed by atoms with Gasteiger partial charge in [-0.15, -0.1) is 0 Å². The molecule has 2 aromatic rings. The molecule has 1 aromatic carbocycles. The van der Waals surface area contributed by atoms with E-state index in [1.54, 1.807) is 7.11 Å². The van der Waals surface area contributed by atoms with Gasteiger partial charge in [0.2, 0.25) is 11.8 Å². The van der Waals surface area contributed by atoms with Crippen LogP contribution < -0.4 is 11.1 Å². The summed E-state index contributed by atoms with van der Waals surface area (Å²) in [6.07, 6.45) is 3.39. The maximum Gasteiger partial charge on any atom is 0.229 e. The van der Waals surface area contributed by atoms with Crippen LogP contribution in [0.5, 0.6) is 0 Å². The lowest BCUT2D eigenvalue weighted by Gasteiger charge is -2.26.